The third-order valence-electron chi connectivity index (χ3n) is 13.3. The molecule has 11 atom stereocenters. The number of fused-ring (bicyclic) bond motifs is 8. The van der Waals surface area contributed by atoms with Crippen LogP contribution in [0.5, 0.6) is 0 Å². The molecule has 34 heavy (non-hydrogen) atoms. The number of epoxide rings is 1. The van der Waals surface area contributed by atoms with Gasteiger partial charge in [-0.1, -0.05) is 54.0 Å². The van der Waals surface area contributed by atoms with E-state index in [-0.39, 0.29) is 45.2 Å². The summed E-state index contributed by atoms with van der Waals surface area (Å²) in [7, 11) is 0. The van der Waals surface area contributed by atoms with Gasteiger partial charge in [0.2, 0.25) is 0 Å². The molecule has 5 unspecified atom stereocenters. The number of aliphatic carboxylic acids is 1. The van der Waals surface area contributed by atoms with Crippen molar-refractivity contribution in [2.75, 3.05) is 0 Å². The minimum absolute atomic E-state index is 0.00873. The van der Waals surface area contributed by atoms with E-state index in [1.807, 2.05) is 6.08 Å². The fourth-order valence-electron chi connectivity index (χ4n) is 11.2. The average molecular weight is 469 g/mol. The maximum Gasteiger partial charge on any atom is 0.310 e. The predicted octanol–water partition coefficient (Wildman–Crippen LogP) is 6.28. The van der Waals surface area contributed by atoms with E-state index in [4.69, 9.17) is 4.74 Å². The van der Waals surface area contributed by atoms with Crippen LogP contribution in [0.1, 0.15) is 93.4 Å². The van der Waals surface area contributed by atoms with Gasteiger partial charge in [-0.15, -0.1) is 0 Å². The molecule has 1 saturated heterocycles. The summed E-state index contributed by atoms with van der Waals surface area (Å²) in [5.74, 6) is 0.857. The van der Waals surface area contributed by atoms with Gasteiger partial charge in [-0.25, -0.2) is 0 Å². The van der Waals surface area contributed by atoms with Crippen LogP contribution in [-0.2, 0) is 14.3 Å². The van der Waals surface area contributed by atoms with Crippen molar-refractivity contribution in [1.29, 1.82) is 0 Å². The number of rotatable bonds is 1. The minimum Gasteiger partial charge on any atom is -0.481 e. The Morgan fingerprint density at radius 2 is 1.74 bits per heavy atom. The lowest BCUT2D eigenvalue weighted by Gasteiger charge is -2.69. The third kappa shape index (κ3) is 2.45. The Morgan fingerprint density at radius 1 is 1.03 bits per heavy atom. The SMILES string of the molecule is C[C@@H]1CC[C@]2(C(=O)O)CC[C@]3(C)C(=CC(=O)C4[C@@]5(C)CC6OC6C(C)(C)C5CC[C@]43C)C2[C@H]1C. The molecule has 188 valence electrons. The minimum atomic E-state index is -0.705. The van der Waals surface area contributed by atoms with Crippen LogP contribution >= 0.6 is 0 Å². The summed E-state index contributed by atoms with van der Waals surface area (Å²) in [6, 6.07) is 0. The molecule has 0 aromatic rings. The van der Waals surface area contributed by atoms with Crippen LogP contribution in [0.2, 0.25) is 0 Å². The molecule has 0 aromatic heterocycles. The number of ether oxygens (including phenoxy) is 1. The molecule has 6 rings (SSSR count). The van der Waals surface area contributed by atoms with Crippen molar-refractivity contribution in [2.45, 2.75) is 106 Å². The molecule has 0 amide bonds. The highest BCUT2D eigenvalue weighted by Crippen LogP contribution is 2.76. The lowest BCUT2D eigenvalue weighted by molar-refractivity contribution is -0.188. The molecule has 5 aliphatic carbocycles. The molecule has 0 spiro atoms. The molecule has 0 aromatic carbocycles. The second kappa shape index (κ2) is 6.58. The van der Waals surface area contributed by atoms with E-state index < -0.39 is 11.4 Å². The van der Waals surface area contributed by atoms with Crippen LogP contribution in [0.4, 0.5) is 0 Å². The van der Waals surface area contributed by atoms with E-state index in [2.05, 4.69) is 48.5 Å². The van der Waals surface area contributed by atoms with Crippen molar-refractivity contribution < 1.29 is 19.4 Å². The fourth-order valence-corrected chi connectivity index (χ4v) is 11.2. The van der Waals surface area contributed by atoms with Crippen LogP contribution < -0.4 is 0 Å². The molecule has 4 heteroatoms. The van der Waals surface area contributed by atoms with Gasteiger partial charge in [0.05, 0.1) is 17.6 Å². The normalized spacial score (nSPS) is 57.2. The van der Waals surface area contributed by atoms with E-state index in [1.165, 1.54) is 5.57 Å². The number of carboxylic acids is 1. The van der Waals surface area contributed by atoms with Crippen LogP contribution in [0.15, 0.2) is 11.6 Å². The Bertz CT molecular complexity index is 996. The first-order valence-electron chi connectivity index (χ1n) is 13.9. The van der Waals surface area contributed by atoms with E-state index in [0.29, 0.717) is 24.0 Å². The molecule has 0 radical (unpaired) electrons. The maximum absolute atomic E-state index is 14.3. The second-order valence-electron chi connectivity index (χ2n) is 14.7. The first-order valence-corrected chi connectivity index (χ1v) is 13.9. The smallest absolute Gasteiger partial charge is 0.310 e. The van der Waals surface area contributed by atoms with Gasteiger partial charge in [0.25, 0.3) is 0 Å². The van der Waals surface area contributed by atoms with Gasteiger partial charge in [0.1, 0.15) is 0 Å². The van der Waals surface area contributed by atoms with E-state index in [0.717, 1.165) is 44.9 Å². The first kappa shape index (κ1) is 23.3. The number of carbonyl (C=O) groups is 2. The van der Waals surface area contributed by atoms with Crippen molar-refractivity contribution in [3.63, 3.8) is 0 Å². The second-order valence-corrected chi connectivity index (χ2v) is 14.7. The van der Waals surface area contributed by atoms with Gasteiger partial charge in [0, 0.05) is 5.92 Å². The number of hydrogen-bond donors (Lipinski definition) is 1. The molecular formula is C30H44O4. The molecule has 1 aliphatic heterocycles. The van der Waals surface area contributed by atoms with Gasteiger partial charge in [-0.2, -0.15) is 0 Å². The summed E-state index contributed by atoms with van der Waals surface area (Å²) in [6.07, 6.45) is 9.18. The summed E-state index contributed by atoms with van der Waals surface area (Å²) in [5, 5.41) is 10.5. The van der Waals surface area contributed by atoms with Gasteiger partial charge in [-0.05, 0) is 96.4 Å². The summed E-state index contributed by atoms with van der Waals surface area (Å²) < 4.78 is 6.17. The molecule has 5 fully saturated rings. The highest BCUT2D eigenvalue weighted by atomic mass is 16.6. The number of ketones is 1. The quantitative estimate of drug-likeness (QED) is 0.460. The number of carboxylic acid groups (broad SMARTS) is 1. The molecular weight excluding hydrogens is 424 g/mol. The van der Waals surface area contributed by atoms with Crippen LogP contribution in [0.25, 0.3) is 0 Å². The van der Waals surface area contributed by atoms with E-state index in [1.54, 1.807) is 0 Å². The third-order valence-corrected chi connectivity index (χ3v) is 13.3. The van der Waals surface area contributed by atoms with Gasteiger partial charge >= 0.3 is 5.97 Å². The Labute approximate surface area is 205 Å². The summed E-state index contributed by atoms with van der Waals surface area (Å²) in [6.45, 7) is 16.5. The zero-order valence-electron chi connectivity index (χ0n) is 22.2. The summed E-state index contributed by atoms with van der Waals surface area (Å²) in [5.41, 5.74) is 0.263. The van der Waals surface area contributed by atoms with Crippen LogP contribution in [0.3, 0.4) is 0 Å². The van der Waals surface area contributed by atoms with Crippen molar-refractivity contribution >= 4 is 11.8 Å². The zero-order valence-corrected chi connectivity index (χ0v) is 22.2. The monoisotopic (exact) mass is 468 g/mol. The lowest BCUT2D eigenvalue weighted by Crippen LogP contribution is -2.67. The number of allylic oxidation sites excluding steroid dienone is 2. The van der Waals surface area contributed by atoms with Crippen molar-refractivity contribution in [2.24, 2.45) is 56.7 Å². The molecule has 6 aliphatic rings. The Morgan fingerprint density at radius 3 is 2.41 bits per heavy atom. The highest BCUT2D eigenvalue weighted by molar-refractivity contribution is 5.96. The Kier molecular flexibility index (Phi) is 4.50. The fraction of sp³-hybridized carbons (Fsp3) is 0.867. The standard InChI is InChI=1S/C30H44O4/c1-16-8-11-30(25(32)33)13-12-28(6)18(22(30)17(16)2)14-19(31)23-27(5)15-20-24(34-20)26(3,4)21(27)9-10-29(23,28)7/h14,16-17,20-24H,8-13,15H2,1-7H3,(H,32,33)/t16-,17+,20?,21?,22?,23?,24?,27+,28-,29-,30+/m1/s1. The molecule has 0 bridgehead atoms. The van der Waals surface area contributed by atoms with E-state index >= 15 is 0 Å². The van der Waals surface area contributed by atoms with E-state index in [9.17, 15) is 14.7 Å². The average Bonchev–Trinajstić information content (AvgIpc) is 3.51. The summed E-state index contributed by atoms with van der Waals surface area (Å²) in [4.78, 5) is 27.1. The van der Waals surface area contributed by atoms with Crippen molar-refractivity contribution in [3.8, 4) is 0 Å². The Balaban J connectivity index is 1.51. The van der Waals surface area contributed by atoms with Gasteiger partial charge < -0.3 is 9.84 Å². The first-order chi connectivity index (χ1) is 15.7. The summed E-state index contributed by atoms with van der Waals surface area (Å²) >= 11 is 0. The molecule has 1 N–H and O–H groups in total. The molecule has 4 nitrogen and oxygen atoms in total. The van der Waals surface area contributed by atoms with Crippen molar-refractivity contribution in [1.82, 2.24) is 0 Å². The van der Waals surface area contributed by atoms with Gasteiger partial charge in [0.15, 0.2) is 5.78 Å². The predicted molar refractivity (Wildman–Crippen MR) is 131 cm³/mol. The number of carbonyl (C=O) groups excluding carboxylic acids is 1. The lowest BCUT2D eigenvalue weighted by atomic mass is 9.33. The largest absolute Gasteiger partial charge is 0.481 e. The topological polar surface area (TPSA) is 66.9 Å². The maximum atomic E-state index is 14.3. The molecule has 4 saturated carbocycles. The van der Waals surface area contributed by atoms with Crippen LogP contribution in [-0.4, -0.2) is 29.1 Å². The zero-order chi connectivity index (χ0) is 24.6. The number of hydrogen-bond acceptors (Lipinski definition) is 3. The van der Waals surface area contributed by atoms with Crippen LogP contribution in [0, 0.1) is 56.7 Å². The molecule has 1 heterocycles. The van der Waals surface area contributed by atoms with Gasteiger partial charge in [-0.3, -0.25) is 9.59 Å². The van der Waals surface area contributed by atoms with Crippen molar-refractivity contribution in [3.05, 3.63) is 11.6 Å². The Hall–Kier alpha value is -1.16. The highest BCUT2D eigenvalue weighted by Gasteiger charge is 2.74.